The zero-order valence-corrected chi connectivity index (χ0v) is 11.4. The van der Waals surface area contributed by atoms with Gasteiger partial charge in [0.2, 0.25) is 5.91 Å². The third-order valence-corrected chi connectivity index (χ3v) is 2.91. The highest BCUT2D eigenvalue weighted by Crippen LogP contribution is 2.17. The molecule has 0 saturated carbocycles. The van der Waals surface area contributed by atoms with Gasteiger partial charge in [-0.2, -0.15) is 0 Å². The lowest BCUT2D eigenvalue weighted by molar-refractivity contribution is -0.114. The molecular weight excluding hydrogens is 276 g/mol. The first-order valence-electron chi connectivity index (χ1n) is 6.27. The molecule has 0 aliphatic rings. The summed E-state index contributed by atoms with van der Waals surface area (Å²) in [7, 11) is 1.67. The molecule has 0 aliphatic carbocycles. The molecule has 3 N–H and O–H groups in total. The molecule has 2 aromatic rings. The number of carbonyl (C=O) groups is 1. The molecule has 1 amide bonds. The van der Waals surface area contributed by atoms with E-state index in [4.69, 9.17) is 5.73 Å². The summed E-state index contributed by atoms with van der Waals surface area (Å²) in [6.45, 7) is 0.0285. The molecule has 0 fully saturated rings. The summed E-state index contributed by atoms with van der Waals surface area (Å²) in [4.78, 5) is 13.5. The van der Waals surface area contributed by atoms with E-state index in [0.29, 0.717) is 11.4 Å². The molecule has 0 aliphatic heterocycles. The Labute approximate surface area is 121 Å². The van der Waals surface area contributed by atoms with Crippen molar-refractivity contribution in [2.24, 2.45) is 0 Å². The van der Waals surface area contributed by atoms with Gasteiger partial charge in [-0.05, 0) is 36.4 Å². The minimum absolute atomic E-state index is 0.0285. The number of anilines is 3. The van der Waals surface area contributed by atoms with Gasteiger partial charge < -0.3 is 16.0 Å². The van der Waals surface area contributed by atoms with Crippen molar-refractivity contribution in [3.8, 4) is 0 Å². The Morgan fingerprint density at radius 1 is 1.24 bits per heavy atom. The molecule has 0 unspecified atom stereocenters. The molecule has 2 aromatic carbocycles. The smallest absolute Gasteiger partial charge is 0.243 e. The number of hydrogen-bond acceptors (Lipinski definition) is 3. The number of halogens is 2. The minimum Gasteiger partial charge on any atom is -0.396 e. The number of amides is 1. The van der Waals surface area contributed by atoms with Crippen LogP contribution in [0.15, 0.2) is 42.5 Å². The molecule has 6 heteroatoms. The molecule has 0 saturated heterocycles. The van der Waals surface area contributed by atoms with Crippen molar-refractivity contribution < 1.29 is 13.6 Å². The highest BCUT2D eigenvalue weighted by Gasteiger charge is 2.09. The zero-order valence-electron chi connectivity index (χ0n) is 11.4. The van der Waals surface area contributed by atoms with E-state index in [2.05, 4.69) is 5.32 Å². The van der Waals surface area contributed by atoms with Crippen LogP contribution in [0, 0.1) is 11.6 Å². The second-order valence-electron chi connectivity index (χ2n) is 4.62. The summed E-state index contributed by atoms with van der Waals surface area (Å²) in [6.07, 6.45) is 0. The Morgan fingerprint density at radius 2 is 2.00 bits per heavy atom. The first-order chi connectivity index (χ1) is 9.95. The molecule has 0 radical (unpaired) electrons. The third-order valence-electron chi connectivity index (χ3n) is 2.91. The second kappa shape index (κ2) is 6.21. The molecule has 2 rings (SSSR count). The predicted molar refractivity (Wildman–Crippen MR) is 79.1 cm³/mol. The lowest BCUT2D eigenvalue weighted by Crippen LogP contribution is -2.30. The van der Waals surface area contributed by atoms with Crippen LogP contribution < -0.4 is 16.0 Å². The number of rotatable bonds is 4. The molecule has 21 heavy (non-hydrogen) atoms. The Bertz CT molecular complexity index is 661. The van der Waals surface area contributed by atoms with Crippen molar-refractivity contribution in [3.05, 3.63) is 54.1 Å². The summed E-state index contributed by atoms with van der Waals surface area (Å²) in [6, 6.07) is 9.89. The number of hydrogen-bond donors (Lipinski definition) is 2. The van der Waals surface area contributed by atoms with Gasteiger partial charge >= 0.3 is 0 Å². The van der Waals surface area contributed by atoms with E-state index in [0.717, 1.165) is 0 Å². The molecule has 0 aromatic heterocycles. The topological polar surface area (TPSA) is 58.4 Å². The van der Waals surface area contributed by atoms with E-state index in [9.17, 15) is 13.6 Å². The molecule has 0 atom stereocenters. The van der Waals surface area contributed by atoms with Crippen molar-refractivity contribution in [3.63, 3.8) is 0 Å². The van der Waals surface area contributed by atoms with Crippen LogP contribution in [0.2, 0.25) is 0 Å². The number of carbonyl (C=O) groups excluding carboxylic acids is 1. The summed E-state index contributed by atoms with van der Waals surface area (Å²) in [5.41, 5.74) is 6.39. The zero-order chi connectivity index (χ0) is 15.4. The van der Waals surface area contributed by atoms with E-state index in [1.54, 1.807) is 24.1 Å². The Kier molecular flexibility index (Phi) is 4.37. The van der Waals surface area contributed by atoms with Gasteiger partial charge in [-0.25, -0.2) is 8.78 Å². The standard InChI is InChI=1S/C15H15F2N3O/c1-20(12-4-2-3-10(16)7-12)9-15(21)19-11-5-6-13(17)14(18)8-11/h2-8H,9,18H2,1H3,(H,19,21). The fourth-order valence-electron chi connectivity index (χ4n) is 1.84. The molecule has 110 valence electrons. The van der Waals surface area contributed by atoms with Gasteiger partial charge in [0, 0.05) is 18.4 Å². The molecule has 0 spiro atoms. The van der Waals surface area contributed by atoms with Gasteiger partial charge in [-0.3, -0.25) is 4.79 Å². The maximum atomic E-state index is 13.1. The average molecular weight is 291 g/mol. The van der Waals surface area contributed by atoms with E-state index in [-0.39, 0.29) is 24.0 Å². The van der Waals surface area contributed by atoms with Crippen LogP contribution in [-0.2, 0) is 4.79 Å². The summed E-state index contributed by atoms with van der Waals surface area (Å²) >= 11 is 0. The Morgan fingerprint density at radius 3 is 2.67 bits per heavy atom. The van der Waals surface area contributed by atoms with Crippen LogP contribution in [0.3, 0.4) is 0 Å². The number of nitrogen functional groups attached to an aromatic ring is 1. The van der Waals surface area contributed by atoms with Crippen molar-refractivity contribution in [2.45, 2.75) is 0 Å². The quantitative estimate of drug-likeness (QED) is 0.851. The molecule has 0 heterocycles. The fraction of sp³-hybridized carbons (Fsp3) is 0.133. The minimum atomic E-state index is -0.537. The van der Waals surface area contributed by atoms with Crippen LogP contribution in [0.5, 0.6) is 0 Å². The van der Waals surface area contributed by atoms with Crippen LogP contribution >= 0.6 is 0 Å². The summed E-state index contributed by atoms with van der Waals surface area (Å²) in [5, 5.41) is 2.60. The molecule has 0 bridgehead atoms. The SMILES string of the molecule is CN(CC(=O)Nc1ccc(F)c(N)c1)c1cccc(F)c1. The van der Waals surface area contributed by atoms with Gasteiger partial charge in [0.1, 0.15) is 11.6 Å². The Hall–Kier alpha value is -2.63. The number of nitrogens with one attached hydrogen (secondary N) is 1. The van der Waals surface area contributed by atoms with E-state index in [1.807, 2.05) is 0 Å². The maximum absolute atomic E-state index is 13.1. The van der Waals surface area contributed by atoms with Crippen LogP contribution in [0.4, 0.5) is 25.8 Å². The largest absolute Gasteiger partial charge is 0.396 e. The van der Waals surface area contributed by atoms with E-state index >= 15 is 0 Å². The number of benzene rings is 2. The normalized spacial score (nSPS) is 10.2. The number of nitrogens with zero attached hydrogens (tertiary/aromatic N) is 1. The van der Waals surface area contributed by atoms with Crippen molar-refractivity contribution in [2.75, 3.05) is 29.5 Å². The monoisotopic (exact) mass is 291 g/mol. The fourth-order valence-corrected chi connectivity index (χ4v) is 1.84. The van der Waals surface area contributed by atoms with E-state index < -0.39 is 5.82 Å². The highest BCUT2D eigenvalue weighted by molar-refractivity contribution is 5.94. The second-order valence-corrected chi connectivity index (χ2v) is 4.62. The first-order valence-corrected chi connectivity index (χ1v) is 6.27. The van der Waals surface area contributed by atoms with Gasteiger partial charge in [-0.15, -0.1) is 0 Å². The Balaban J connectivity index is 1.99. The van der Waals surface area contributed by atoms with Crippen LogP contribution in [0.1, 0.15) is 0 Å². The molecule has 4 nitrogen and oxygen atoms in total. The summed E-state index contributed by atoms with van der Waals surface area (Å²) in [5.74, 6) is -1.22. The van der Waals surface area contributed by atoms with Gasteiger partial charge in [0.05, 0.1) is 12.2 Å². The van der Waals surface area contributed by atoms with Gasteiger partial charge in [0.15, 0.2) is 0 Å². The molecular formula is C15H15F2N3O. The third kappa shape index (κ3) is 3.92. The lowest BCUT2D eigenvalue weighted by Gasteiger charge is -2.18. The van der Waals surface area contributed by atoms with Crippen LogP contribution in [-0.4, -0.2) is 19.5 Å². The maximum Gasteiger partial charge on any atom is 0.243 e. The first kappa shape index (κ1) is 14.8. The summed E-state index contributed by atoms with van der Waals surface area (Å²) < 4.78 is 26.1. The lowest BCUT2D eigenvalue weighted by atomic mass is 10.2. The highest BCUT2D eigenvalue weighted by atomic mass is 19.1. The van der Waals surface area contributed by atoms with Crippen molar-refractivity contribution in [1.82, 2.24) is 0 Å². The average Bonchev–Trinajstić information content (AvgIpc) is 2.43. The number of nitrogens with two attached hydrogens (primary N) is 1. The van der Waals surface area contributed by atoms with Gasteiger partial charge in [0.25, 0.3) is 0 Å². The predicted octanol–water partition coefficient (Wildman–Crippen LogP) is 2.62. The van der Waals surface area contributed by atoms with E-state index in [1.165, 1.54) is 30.3 Å². The number of likely N-dealkylation sites (N-methyl/N-ethyl adjacent to an activating group) is 1. The van der Waals surface area contributed by atoms with Crippen molar-refractivity contribution >= 4 is 23.0 Å². The van der Waals surface area contributed by atoms with Crippen LogP contribution in [0.25, 0.3) is 0 Å². The van der Waals surface area contributed by atoms with Crippen molar-refractivity contribution in [1.29, 1.82) is 0 Å². The van der Waals surface area contributed by atoms with Gasteiger partial charge in [-0.1, -0.05) is 6.07 Å².